The van der Waals surface area contributed by atoms with E-state index < -0.39 is 5.60 Å². The Morgan fingerprint density at radius 1 is 1.32 bits per heavy atom. The van der Waals surface area contributed by atoms with E-state index in [1.807, 2.05) is 23.1 Å². The normalized spacial score (nSPS) is 19.6. The lowest BCUT2D eigenvalue weighted by atomic mass is 9.82. The fraction of sp³-hybridized carbons (Fsp3) is 0.500. The van der Waals surface area contributed by atoms with Crippen molar-refractivity contribution < 1.29 is 14.3 Å². The molecule has 0 atom stereocenters. The number of likely N-dealkylation sites (tertiary alicyclic amines) is 1. The average Bonchev–Trinajstić information content (AvgIpc) is 2.48. The molecular formula is C16H19BrN2O3. The summed E-state index contributed by atoms with van der Waals surface area (Å²) >= 11 is 3.39. The van der Waals surface area contributed by atoms with Gasteiger partial charge in [0, 0.05) is 44.5 Å². The number of carbonyl (C=O) groups excluding carboxylic acids is 2. The van der Waals surface area contributed by atoms with Crippen LogP contribution in [0.2, 0.25) is 0 Å². The number of urea groups is 1. The van der Waals surface area contributed by atoms with Crippen molar-refractivity contribution in [3.63, 3.8) is 0 Å². The molecule has 0 bridgehead atoms. The highest BCUT2D eigenvalue weighted by molar-refractivity contribution is 9.10. The molecule has 6 heteroatoms. The molecule has 0 N–H and O–H groups in total. The Labute approximate surface area is 138 Å². The van der Waals surface area contributed by atoms with Gasteiger partial charge in [0.25, 0.3) is 0 Å². The molecule has 0 radical (unpaired) electrons. The van der Waals surface area contributed by atoms with Crippen LogP contribution in [0.3, 0.4) is 0 Å². The third kappa shape index (κ3) is 2.72. The quantitative estimate of drug-likeness (QED) is 0.709. The minimum Gasteiger partial charge on any atom is -0.486 e. The molecule has 2 heterocycles. The Hall–Kier alpha value is -1.56. The van der Waals surface area contributed by atoms with Crippen LogP contribution in [-0.2, 0) is 0 Å². The van der Waals surface area contributed by atoms with Crippen LogP contribution in [0.25, 0.3) is 0 Å². The van der Waals surface area contributed by atoms with Crippen LogP contribution < -0.4 is 4.74 Å². The molecule has 2 amide bonds. The number of fused-ring (bicyclic) bond motifs is 1. The lowest BCUT2D eigenvalue weighted by molar-refractivity contribution is -0.00271. The van der Waals surface area contributed by atoms with E-state index in [0.717, 1.165) is 4.47 Å². The molecule has 118 valence electrons. The number of amides is 2. The first-order valence-corrected chi connectivity index (χ1v) is 8.17. The van der Waals surface area contributed by atoms with Crippen molar-refractivity contribution in [3.8, 4) is 5.75 Å². The number of benzene rings is 1. The number of piperidine rings is 1. The summed E-state index contributed by atoms with van der Waals surface area (Å²) in [5.41, 5.74) is 0.188. The third-order valence-electron chi connectivity index (χ3n) is 4.38. The van der Waals surface area contributed by atoms with E-state index >= 15 is 0 Å². The summed E-state index contributed by atoms with van der Waals surface area (Å²) < 4.78 is 7.06. The zero-order chi connectivity index (χ0) is 15.9. The zero-order valence-electron chi connectivity index (χ0n) is 12.8. The predicted octanol–water partition coefficient (Wildman–Crippen LogP) is 2.93. The highest BCUT2D eigenvalue weighted by Gasteiger charge is 2.43. The van der Waals surface area contributed by atoms with E-state index in [4.69, 9.17) is 4.74 Å². The monoisotopic (exact) mass is 366 g/mol. The van der Waals surface area contributed by atoms with E-state index in [-0.39, 0.29) is 11.8 Å². The summed E-state index contributed by atoms with van der Waals surface area (Å²) in [6, 6.07) is 5.56. The first-order valence-electron chi connectivity index (χ1n) is 7.38. The van der Waals surface area contributed by atoms with Crippen LogP contribution in [0.1, 0.15) is 29.6 Å². The summed E-state index contributed by atoms with van der Waals surface area (Å²) in [5, 5.41) is 0. The van der Waals surface area contributed by atoms with Crippen molar-refractivity contribution in [2.45, 2.75) is 24.9 Å². The van der Waals surface area contributed by atoms with Gasteiger partial charge in [-0.25, -0.2) is 4.79 Å². The van der Waals surface area contributed by atoms with Crippen LogP contribution in [0, 0.1) is 0 Å². The van der Waals surface area contributed by atoms with Crippen molar-refractivity contribution in [1.29, 1.82) is 0 Å². The van der Waals surface area contributed by atoms with Crippen LogP contribution in [0.15, 0.2) is 22.7 Å². The van der Waals surface area contributed by atoms with Crippen molar-refractivity contribution in [2.75, 3.05) is 27.2 Å². The van der Waals surface area contributed by atoms with Gasteiger partial charge in [-0.15, -0.1) is 0 Å². The SMILES string of the molecule is CN(C)C(=O)N1CCC2(CC1)CC(=O)c1cc(Br)ccc1O2. The van der Waals surface area contributed by atoms with Gasteiger partial charge >= 0.3 is 6.03 Å². The number of nitrogens with zero attached hydrogens (tertiary/aromatic N) is 2. The summed E-state index contributed by atoms with van der Waals surface area (Å²) in [5.74, 6) is 0.779. The Kier molecular flexibility index (Phi) is 3.89. The Bertz CT molecular complexity index is 622. The van der Waals surface area contributed by atoms with Crippen molar-refractivity contribution in [1.82, 2.24) is 9.80 Å². The number of Topliss-reactive ketones (excluding diaryl/α,β-unsaturated/α-hetero) is 1. The Morgan fingerprint density at radius 2 is 2.00 bits per heavy atom. The van der Waals surface area contributed by atoms with Crippen LogP contribution >= 0.6 is 15.9 Å². The van der Waals surface area contributed by atoms with Gasteiger partial charge in [0.1, 0.15) is 11.4 Å². The Morgan fingerprint density at radius 3 is 2.64 bits per heavy atom. The second-order valence-electron chi connectivity index (χ2n) is 6.19. The number of ether oxygens (including phenoxy) is 1. The van der Waals surface area contributed by atoms with Gasteiger partial charge in [-0.3, -0.25) is 4.79 Å². The number of halogens is 1. The maximum atomic E-state index is 12.4. The molecule has 2 aliphatic rings. The molecule has 1 aromatic carbocycles. The van der Waals surface area contributed by atoms with Gasteiger partial charge in [-0.1, -0.05) is 15.9 Å². The van der Waals surface area contributed by atoms with E-state index in [0.29, 0.717) is 43.7 Å². The molecule has 0 unspecified atom stereocenters. The highest BCUT2D eigenvalue weighted by atomic mass is 79.9. The maximum Gasteiger partial charge on any atom is 0.319 e. The molecule has 0 saturated carbocycles. The van der Waals surface area contributed by atoms with E-state index in [1.54, 1.807) is 19.0 Å². The van der Waals surface area contributed by atoms with Crippen LogP contribution in [0.4, 0.5) is 4.79 Å². The molecule has 1 saturated heterocycles. The average molecular weight is 367 g/mol. The molecule has 0 aromatic heterocycles. The first-order chi connectivity index (χ1) is 10.4. The summed E-state index contributed by atoms with van der Waals surface area (Å²) in [6.45, 7) is 1.24. The minimum atomic E-state index is -0.457. The zero-order valence-corrected chi connectivity index (χ0v) is 14.4. The van der Waals surface area contributed by atoms with E-state index in [9.17, 15) is 9.59 Å². The van der Waals surface area contributed by atoms with Gasteiger partial charge in [-0.2, -0.15) is 0 Å². The number of hydrogen-bond acceptors (Lipinski definition) is 3. The molecule has 2 aliphatic heterocycles. The van der Waals surface area contributed by atoms with Gasteiger partial charge in [0.15, 0.2) is 5.78 Å². The molecular weight excluding hydrogens is 348 g/mol. The summed E-state index contributed by atoms with van der Waals surface area (Å²) in [7, 11) is 3.50. The lowest BCUT2D eigenvalue weighted by Gasteiger charge is -2.44. The third-order valence-corrected chi connectivity index (χ3v) is 4.87. The van der Waals surface area contributed by atoms with Crippen LogP contribution in [0.5, 0.6) is 5.75 Å². The fourth-order valence-electron chi connectivity index (χ4n) is 3.13. The molecule has 5 nitrogen and oxygen atoms in total. The number of rotatable bonds is 0. The predicted molar refractivity (Wildman–Crippen MR) is 86.3 cm³/mol. The molecule has 22 heavy (non-hydrogen) atoms. The van der Waals surface area contributed by atoms with Gasteiger partial charge in [0.2, 0.25) is 0 Å². The topological polar surface area (TPSA) is 49.9 Å². The number of carbonyl (C=O) groups is 2. The highest BCUT2D eigenvalue weighted by Crippen LogP contribution is 2.40. The summed E-state index contributed by atoms with van der Waals surface area (Å²) in [6.07, 6.45) is 1.77. The van der Waals surface area contributed by atoms with E-state index in [2.05, 4.69) is 15.9 Å². The number of hydrogen-bond donors (Lipinski definition) is 0. The van der Waals surface area contributed by atoms with E-state index in [1.165, 1.54) is 0 Å². The first kappa shape index (κ1) is 15.3. The Balaban J connectivity index is 1.76. The molecule has 1 aromatic rings. The fourth-order valence-corrected chi connectivity index (χ4v) is 3.49. The molecule has 1 fully saturated rings. The second kappa shape index (κ2) is 5.57. The van der Waals surface area contributed by atoms with Gasteiger partial charge in [0.05, 0.1) is 12.0 Å². The van der Waals surface area contributed by atoms with Crippen molar-refractivity contribution >= 4 is 27.7 Å². The number of ketones is 1. The smallest absolute Gasteiger partial charge is 0.319 e. The minimum absolute atomic E-state index is 0.0151. The standard InChI is InChI=1S/C16H19BrN2O3/c1-18(2)15(21)19-7-5-16(6-8-19)10-13(20)12-9-11(17)3-4-14(12)22-16/h3-4,9H,5-8,10H2,1-2H3. The van der Waals surface area contributed by atoms with Gasteiger partial charge < -0.3 is 14.5 Å². The van der Waals surface area contributed by atoms with Crippen LogP contribution in [-0.4, -0.2) is 54.4 Å². The maximum absolute atomic E-state index is 12.4. The van der Waals surface area contributed by atoms with Crippen molar-refractivity contribution in [2.24, 2.45) is 0 Å². The summed E-state index contributed by atoms with van der Waals surface area (Å²) in [4.78, 5) is 27.9. The molecule has 0 aliphatic carbocycles. The van der Waals surface area contributed by atoms with Gasteiger partial charge in [-0.05, 0) is 18.2 Å². The largest absolute Gasteiger partial charge is 0.486 e. The van der Waals surface area contributed by atoms with Crippen molar-refractivity contribution in [3.05, 3.63) is 28.2 Å². The molecule has 3 rings (SSSR count). The second-order valence-corrected chi connectivity index (χ2v) is 7.11. The lowest BCUT2D eigenvalue weighted by Crippen LogP contribution is -2.53. The molecule has 1 spiro atoms.